The average molecular weight is 332 g/mol. The van der Waals surface area contributed by atoms with E-state index in [2.05, 4.69) is 14.5 Å². The molecule has 3 rings (SSSR count). The molecule has 23 heavy (non-hydrogen) atoms. The van der Waals surface area contributed by atoms with Gasteiger partial charge in [0.1, 0.15) is 17.4 Å². The van der Waals surface area contributed by atoms with Crippen LogP contribution >= 0.6 is 0 Å². The number of para-hydroxylation sites is 2. The zero-order chi connectivity index (χ0) is 16.4. The normalized spacial score (nSPS) is 12.1. The largest absolute Gasteiger partial charge is 0.335 e. The third-order valence-corrected chi connectivity index (χ3v) is 4.61. The number of rotatable bonds is 6. The third-order valence-electron chi connectivity index (χ3n) is 3.83. The molecule has 6 nitrogen and oxygen atoms in total. The van der Waals surface area contributed by atoms with Gasteiger partial charge in [0.2, 0.25) is 0 Å². The van der Waals surface area contributed by atoms with Crippen LogP contribution in [0.2, 0.25) is 0 Å². The van der Waals surface area contributed by atoms with Crippen molar-refractivity contribution in [3.8, 4) is 0 Å². The lowest BCUT2D eigenvalue weighted by Gasteiger charge is -2.10. The number of imidazole rings is 2. The minimum Gasteiger partial charge on any atom is -0.335 e. The number of nitrogens with zero attached hydrogens (tertiary/aromatic N) is 4. The van der Waals surface area contributed by atoms with E-state index in [1.807, 2.05) is 42.0 Å². The molecule has 0 N–H and O–H groups in total. The van der Waals surface area contributed by atoms with Crippen molar-refractivity contribution in [3.63, 3.8) is 0 Å². The van der Waals surface area contributed by atoms with Crippen LogP contribution in [0.1, 0.15) is 18.1 Å². The first-order valence-electron chi connectivity index (χ1n) is 7.53. The van der Waals surface area contributed by atoms with Crippen LogP contribution in [0.15, 0.2) is 36.7 Å². The molecule has 1 aromatic carbocycles. The number of aromatic nitrogens is 4. The van der Waals surface area contributed by atoms with E-state index in [1.165, 1.54) is 6.26 Å². The minimum atomic E-state index is -3.12. The van der Waals surface area contributed by atoms with Gasteiger partial charge in [-0.25, -0.2) is 18.4 Å². The van der Waals surface area contributed by atoms with Gasteiger partial charge < -0.3 is 9.13 Å². The van der Waals surface area contributed by atoms with Crippen molar-refractivity contribution in [2.75, 3.05) is 6.26 Å². The zero-order valence-electron chi connectivity index (χ0n) is 13.3. The lowest BCUT2D eigenvalue weighted by atomic mass is 10.3. The summed E-state index contributed by atoms with van der Waals surface area (Å²) in [5.74, 6) is 1.55. The van der Waals surface area contributed by atoms with Gasteiger partial charge in [-0.1, -0.05) is 12.1 Å². The summed E-state index contributed by atoms with van der Waals surface area (Å²) >= 11 is 0. The van der Waals surface area contributed by atoms with Gasteiger partial charge in [-0.3, -0.25) is 0 Å². The molecule has 2 aromatic heterocycles. The summed E-state index contributed by atoms with van der Waals surface area (Å²) in [5.41, 5.74) is 1.82. The molecule has 0 fully saturated rings. The molecule has 122 valence electrons. The molecule has 0 aliphatic rings. The van der Waals surface area contributed by atoms with E-state index in [4.69, 9.17) is 0 Å². The lowest BCUT2D eigenvalue weighted by molar-refractivity contribution is 0.551. The zero-order valence-corrected chi connectivity index (χ0v) is 14.1. The van der Waals surface area contributed by atoms with Crippen LogP contribution in [-0.4, -0.2) is 33.8 Å². The van der Waals surface area contributed by atoms with Gasteiger partial charge in [0.05, 0.1) is 11.0 Å². The first kappa shape index (κ1) is 15.7. The SMILES string of the molecule is Cc1nccn1CCCn1c(CS(C)(=O)=O)nc2ccccc21. The second-order valence-corrected chi connectivity index (χ2v) is 7.90. The Kier molecular flexibility index (Phi) is 4.21. The van der Waals surface area contributed by atoms with Crippen molar-refractivity contribution < 1.29 is 8.42 Å². The molecule has 0 aliphatic carbocycles. The summed E-state index contributed by atoms with van der Waals surface area (Å²) in [6.07, 6.45) is 5.87. The summed E-state index contributed by atoms with van der Waals surface area (Å²) in [4.78, 5) is 8.71. The molecule has 3 aromatic rings. The summed E-state index contributed by atoms with van der Waals surface area (Å²) in [5, 5.41) is 0. The molecule has 2 heterocycles. The number of hydrogen-bond acceptors (Lipinski definition) is 4. The molecule has 0 saturated heterocycles. The Morgan fingerprint density at radius 2 is 1.96 bits per heavy atom. The highest BCUT2D eigenvalue weighted by molar-refractivity contribution is 7.89. The summed E-state index contributed by atoms with van der Waals surface area (Å²) in [7, 11) is -3.12. The van der Waals surface area contributed by atoms with Crippen LogP contribution in [0.4, 0.5) is 0 Å². The van der Waals surface area contributed by atoms with Crippen molar-refractivity contribution in [2.24, 2.45) is 0 Å². The van der Waals surface area contributed by atoms with E-state index in [0.29, 0.717) is 5.82 Å². The van der Waals surface area contributed by atoms with E-state index in [1.54, 1.807) is 6.20 Å². The summed E-state index contributed by atoms with van der Waals surface area (Å²) < 4.78 is 27.4. The molecular weight excluding hydrogens is 312 g/mol. The maximum absolute atomic E-state index is 11.7. The molecule has 0 spiro atoms. The number of aryl methyl sites for hydroxylation is 3. The van der Waals surface area contributed by atoms with Gasteiger partial charge in [-0.05, 0) is 25.5 Å². The quantitative estimate of drug-likeness (QED) is 0.694. The van der Waals surface area contributed by atoms with Crippen molar-refractivity contribution in [3.05, 3.63) is 48.3 Å². The molecule has 0 amide bonds. The van der Waals surface area contributed by atoms with Crippen LogP contribution in [0.25, 0.3) is 11.0 Å². The number of benzene rings is 1. The monoisotopic (exact) mass is 332 g/mol. The molecule has 0 atom stereocenters. The molecule has 7 heteroatoms. The van der Waals surface area contributed by atoms with Crippen molar-refractivity contribution in [1.82, 2.24) is 19.1 Å². The Hall–Kier alpha value is -2.15. The van der Waals surface area contributed by atoms with Gasteiger partial charge in [0, 0.05) is 31.7 Å². The molecule has 0 unspecified atom stereocenters. The predicted octanol–water partition coefficient (Wildman–Crippen LogP) is 2.18. The topological polar surface area (TPSA) is 69.8 Å². The first-order valence-corrected chi connectivity index (χ1v) is 9.60. The van der Waals surface area contributed by atoms with E-state index >= 15 is 0 Å². The maximum atomic E-state index is 11.7. The van der Waals surface area contributed by atoms with Crippen LogP contribution < -0.4 is 0 Å². The highest BCUT2D eigenvalue weighted by atomic mass is 32.2. The van der Waals surface area contributed by atoms with Gasteiger partial charge in [-0.2, -0.15) is 0 Å². The predicted molar refractivity (Wildman–Crippen MR) is 89.9 cm³/mol. The first-order chi connectivity index (χ1) is 10.9. The molecular formula is C16H20N4O2S. The van der Waals surface area contributed by atoms with Crippen LogP contribution in [0.3, 0.4) is 0 Å². The van der Waals surface area contributed by atoms with Gasteiger partial charge >= 0.3 is 0 Å². The fourth-order valence-corrected chi connectivity index (χ4v) is 3.45. The van der Waals surface area contributed by atoms with E-state index in [9.17, 15) is 8.42 Å². The van der Waals surface area contributed by atoms with Gasteiger partial charge in [0.25, 0.3) is 0 Å². The maximum Gasteiger partial charge on any atom is 0.154 e. The fraction of sp³-hybridized carbons (Fsp3) is 0.375. The van der Waals surface area contributed by atoms with Crippen LogP contribution in [0, 0.1) is 6.92 Å². The van der Waals surface area contributed by atoms with Gasteiger partial charge in [-0.15, -0.1) is 0 Å². The standard InChI is InChI=1S/C16H20N4O2S/c1-13-17-8-11-19(13)9-5-10-20-15-7-4-3-6-14(15)18-16(20)12-23(2,21)22/h3-4,6-8,11H,5,9-10,12H2,1-2H3. The van der Waals surface area contributed by atoms with Crippen molar-refractivity contribution >= 4 is 20.9 Å². The van der Waals surface area contributed by atoms with E-state index < -0.39 is 9.84 Å². The van der Waals surface area contributed by atoms with E-state index in [0.717, 1.165) is 36.4 Å². The van der Waals surface area contributed by atoms with Gasteiger partial charge in [0.15, 0.2) is 9.84 Å². The van der Waals surface area contributed by atoms with E-state index in [-0.39, 0.29) is 5.75 Å². The molecule has 0 aliphatic heterocycles. The fourth-order valence-electron chi connectivity index (χ4n) is 2.76. The van der Waals surface area contributed by atoms with Crippen LogP contribution in [-0.2, 0) is 28.7 Å². The second kappa shape index (κ2) is 6.16. The number of fused-ring (bicyclic) bond motifs is 1. The average Bonchev–Trinajstić information content (AvgIpc) is 3.02. The molecule has 0 radical (unpaired) electrons. The van der Waals surface area contributed by atoms with Crippen molar-refractivity contribution in [2.45, 2.75) is 32.2 Å². The third kappa shape index (κ3) is 3.61. The lowest BCUT2D eigenvalue weighted by Crippen LogP contribution is -2.11. The van der Waals surface area contributed by atoms with Crippen LogP contribution in [0.5, 0.6) is 0 Å². The highest BCUT2D eigenvalue weighted by Crippen LogP contribution is 2.18. The highest BCUT2D eigenvalue weighted by Gasteiger charge is 2.14. The van der Waals surface area contributed by atoms with Crippen molar-refractivity contribution in [1.29, 1.82) is 0 Å². The Morgan fingerprint density at radius 1 is 1.17 bits per heavy atom. The number of sulfone groups is 1. The Morgan fingerprint density at radius 3 is 2.65 bits per heavy atom. The molecule has 0 bridgehead atoms. The Bertz CT molecular complexity index is 925. The molecule has 0 saturated carbocycles. The number of hydrogen-bond donors (Lipinski definition) is 0. The second-order valence-electron chi connectivity index (χ2n) is 5.76. The summed E-state index contributed by atoms with van der Waals surface area (Å²) in [6, 6.07) is 7.76. The minimum absolute atomic E-state index is 0.0359. The Balaban J connectivity index is 1.85. The smallest absolute Gasteiger partial charge is 0.154 e. The summed E-state index contributed by atoms with van der Waals surface area (Å²) in [6.45, 7) is 3.54. The Labute approximate surface area is 135 Å².